The Balaban J connectivity index is 1.82. The Morgan fingerprint density at radius 3 is 2.50 bits per heavy atom. The second kappa shape index (κ2) is 6.26. The number of pyridine rings is 1. The second-order valence-electron chi connectivity index (χ2n) is 5.33. The molecule has 0 fully saturated rings. The molecule has 1 N–H and O–H groups in total. The summed E-state index contributed by atoms with van der Waals surface area (Å²) in [4.78, 5) is 12.8. The van der Waals surface area contributed by atoms with Crippen molar-refractivity contribution in [2.45, 2.75) is 0 Å². The van der Waals surface area contributed by atoms with Gasteiger partial charge in [0.05, 0.1) is 5.52 Å². The maximum absolute atomic E-state index is 6.11. The Kier molecular flexibility index (Phi) is 3.81. The monoisotopic (exact) mass is 332 g/mol. The smallest absolute Gasteiger partial charge is 0.141 e. The molecule has 0 bridgehead atoms. The molecule has 2 aromatic heterocycles. The van der Waals surface area contributed by atoms with E-state index in [2.05, 4.69) is 26.3 Å². The van der Waals surface area contributed by atoms with Crippen molar-refractivity contribution >= 4 is 34.0 Å². The molecule has 4 aromatic rings. The number of fused-ring (bicyclic) bond motifs is 1. The number of rotatable bonds is 3. The van der Waals surface area contributed by atoms with Crippen LogP contribution in [0.4, 0.5) is 11.5 Å². The second-order valence-corrected chi connectivity index (χ2v) is 5.76. The lowest BCUT2D eigenvalue weighted by atomic mass is 10.0. The summed E-state index contributed by atoms with van der Waals surface area (Å²) in [5, 5.41) is 4.99. The molecule has 0 aliphatic rings. The molecule has 0 amide bonds. The van der Waals surface area contributed by atoms with Gasteiger partial charge in [-0.15, -0.1) is 0 Å². The molecule has 5 heteroatoms. The molecular formula is C19H13ClN4. The molecule has 0 spiro atoms. The third-order valence-corrected chi connectivity index (χ3v) is 3.97. The van der Waals surface area contributed by atoms with Gasteiger partial charge < -0.3 is 5.32 Å². The zero-order chi connectivity index (χ0) is 16.4. The molecule has 2 heterocycles. The first-order valence-corrected chi connectivity index (χ1v) is 7.85. The van der Waals surface area contributed by atoms with E-state index in [1.807, 2.05) is 48.5 Å². The van der Waals surface area contributed by atoms with Crippen LogP contribution in [0, 0.1) is 0 Å². The van der Waals surface area contributed by atoms with Crippen molar-refractivity contribution in [3.05, 3.63) is 78.3 Å². The molecule has 24 heavy (non-hydrogen) atoms. The number of hydrogen-bond acceptors (Lipinski definition) is 4. The average Bonchev–Trinajstić information content (AvgIpc) is 2.63. The molecule has 0 saturated carbocycles. The fourth-order valence-electron chi connectivity index (χ4n) is 2.58. The van der Waals surface area contributed by atoms with Crippen LogP contribution < -0.4 is 5.32 Å². The highest BCUT2D eigenvalue weighted by molar-refractivity contribution is 6.30. The topological polar surface area (TPSA) is 50.7 Å². The number of anilines is 2. The van der Waals surface area contributed by atoms with E-state index >= 15 is 0 Å². The predicted octanol–water partition coefficient (Wildman–Crippen LogP) is 5.09. The summed E-state index contributed by atoms with van der Waals surface area (Å²) in [5.41, 5.74) is 3.94. The molecule has 0 aliphatic heterocycles. The Labute approximate surface area is 144 Å². The zero-order valence-electron chi connectivity index (χ0n) is 12.6. The fraction of sp³-hybridized carbons (Fsp3) is 0. The lowest BCUT2D eigenvalue weighted by Gasteiger charge is -2.10. The zero-order valence-corrected chi connectivity index (χ0v) is 13.4. The Morgan fingerprint density at radius 2 is 1.67 bits per heavy atom. The van der Waals surface area contributed by atoms with Crippen molar-refractivity contribution < 1.29 is 0 Å². The van der Waals surface area contributed by atoms with Gasteiger partial charge >= 0.3 is 0 Å². The van der Waals surface area contributed by atoms with Gasteiger partial charge in [0, 0.05) is 28.5 Å². The van der Waals surface area contributed by atoms with E-state index in [0.717, 1.165) is 33.5 Å². The number of benzene rings is 2. The summed E-state index contributed by atoms with van der Waals surface area (Å²) in [5.74, 6) is 0.759. The summed E-state index contributed by atoms with van der Waals surface area (Å²) in [7, 11) is 0. The minimum atomic E-state index is 0.715. The number of hydrogen-bond donors (Lipinski definition) is 1. The Hall–Kier alpha value is -2.98. The van der Waals surface area contributed by atoms with Gasteiger partial charge in [-0.3, -0.25) is 4.98 Å². The lowest BCUT2D eigenvalue weighted by Crippen LogP contribution is -1.96. The number of nitrogens with one attached hydrogen (secondary N) is 1. The van der Waals surface area contributed by atoms with Crippen LogP contribution in [0.3, 0.4) is 0 Å². The summed E-state index contributed by atoms with van der Waals surface area (Å²) in [6, 6.07) is 17.7. The van der Waals surface area contributed by atoms with Crippen molar-refractivity contribution in [2.75, 3.05) is 5.32 Å². The minimum Gasteiger partial charge on any atom is -0.340 e. The molecule has 0 aliphatic carbocycles. The highest BCUT2D eigenvalue weighted by atomic mass is 35.5. The summed E-state index contributed by atoms with van der Waals surface area (Å²) >= 11 is 6.11. The van der Waals surface area contributed by atoms with Gasteiger partial charge in [-0.1, -0.05) is 29.8 Å². The molecule has 2 aromatic carbocycles. The fourth-order valence-corrected chi connectivity index (χ4v) is 2.77. The summed E-state index contributed by atoms with van der Waals surface area (Å²) in [6.07, 6.45) is 5.04. The van der Waals surface area contributed by atoms with Crippen molar-refractivity contribution in [3.8, 4) is 11.1 Å². The van der Waals surface area contributed by atoms with Crippen LogP contribution in [0.2, 0.25) is 5.02 Å². The maximum atomic E-state index is 6.11. The van der Waals surface area contributed by atoms with Crippen LogP contribution in [0.15, 0.2) is 73.3 Å². The lowest BCUT2D eigenvalue weighted by molar-refractivity contribution is 1.21. The normalized spacial score (nSPS) is 10.7. The largest absolute Gasteiger partial charge is 0.340 e. The number of aromatic nitrogens is 3. The number of halogens is 1. The third kappa shape index (κ3) is 2.92. The van der Waals surface area contributed by atoms with Crippen LogP contribution in [-0.2, 0) is 0 Å². The first kappa shape index (κ1) is 14.6. The first-order valence-electron chi connectivity index (χ1n) is 7.47. The van der Waals surface area contributed by atoms with Gasteiger partial charge in [0.15, 0.2) is 0 Å². The Bertz CT molecular complexity index is 1000. The van der Waals surface area contributed by atoms with Gasteiger partial charge in [0.1, 0.15) is 12.1 Å². The molecule has 116 valence electrons. The highest BCUT2D eigenvalue weighted by Gasteiger charge is 2.07. The van der Waals surface area contributed by atoms with Crippen LogP contribution >= 0.6 is 11.6 Å². The molecule has 0 atom stereocenters. The third-order valence-electron chi connectivity index (χ3n) is 3.74. The molecule has 0 saturated heterocycles. The number of nitrogens with zero attached hydrogens (tertiary/aromatic N) is 3. The maximum Gasteiger partial charge on any atom is 0.141 e. The van der Waals surface area contributed by atoms with Crippen LogP contribution in [0.25, 0.3) is 22.0 Å². The quantitative estimate of drug-likeness (QED) is 0.567. The molecule has 4 nitrogen and oxygen atoms in total. The standard InChI is InChI=1S/C19H13ClN4/c20-15-3-1-2-13(10-15)14-4-5-18-17(11-14)19(23-12-22-18)24-16-6-8-21-9-7-16/h1-12H,(H,21,22,23,24). The summed E-state index contributed by atoms with van der Waals surface area (Å²) in [6.45, 7) is 0. The SMILES string of the molecule is Clc1cccc(-c2ccc3ncnc(Nc4ccncc4)c3c2)c1. The Morgan fingerprint density at radius 1 is 0.833 bits per heavy atom. The molecule has 0 unspecified atom stereocenters. The van der Waals surface area contributed by atoms with E-state index in [0.29, 0.717) is 5.02 Å². The van der Waals surface area contributed by atoms with Gasteiger partial charge in [-0.25, -0.2) is 9.97 Å². The van der Waals surface area contributed by atoms with Crippen LogP contribution in [-0.4, -0.2) is 15.0 Å². The predicted molar refractivity (Wildman–Crippen MR) is 97.5 cm³/mol. The van der Waals surface area contributed by atoms with E-state index in [1.165, 1.54) is 0 Å². The summed E-state index contributed by atoms with van der Waals surface area (Å²) < 4.78 is 0. The molecule has 0 radical (unpaired) electrons. The van der Waals surface area contributed by atoms with E-state index in [9.17, 15) is 0 Å². The van der Waals surface area contributed by atoms with Crippen LogP contribution in [0.1, 0.15) is 0 Å². The average molecular weight is 333 g/mol. The van der Waals surface area contributed by atoms with Gasteiger partial charge in [-0.2, -0.15) is 0 Å². The van der Waals surface area contributed by atoms with Crippen LogP contribution in [0.5, 0.6) is 0 Å². The van der Waals surface area contributed by atoms with E-state index in [-0.39, 0.29) is 0 Å². The molecular weight excluding hydrogens is 320 g/mol. The van der Waals surface area contributed by atoms with E-state index in [1.54, 1.807) is 18.7 Å². The van der Waals surface area contributed by atoms with E-state index < -0.39 is 0 Å². The van der Waals surface area contributed by atoms with E-state index in [4.69, 9.17) is 11.6 Å². The molecule has 4 rings (SSSR count). The van der Waals surface area contributed by atoms with Crippen molar-refractivity contribution in [2.24, 2.45) is 0 Å². The highest BCUT2D eigenvalue weighted by Crippen LogP contribution is 2.29. The van der Waals surface area contributed by atoms with Gasteiger partial charge in [0.2, 0.25) is 0 Å². The van der Waals surface area contributed by atoms with Gasteiger partial charge in [0.25, 0.3) is 0 Å². The first-order chi connectivity index (χ1) is 11.8. The van der Waals surface area contributed by atoms with Crippen molar-refractivity contribution in [1.29, 1.82) is 0 Å². The minimum absolute atomic E-state index is 0.715. The van der Waals surface area contributed by atoms with Crippen molar-refractivity contribution in [3.63, 3.8) is 0 Å². The van der Waals surface area contributed by atoms with Crippen molar-refractivity contribution in [1.82, 2.24) is 15.0 Å². The van der Waals surface area contributed by atoms with Gasteiger partial charge in [-0.05, 0) is 47.5 Å².